The standard InChI is InChI=1S/C13H31N5O2/c1-4-13(5-2,7-10-16-11(14)15)18-9-6-8-17-12(19)20-3/h11,16,18H,4-10,14-15H2,1-3H3,(H,17,19). The summed E-state index contributed by atoms with van der Waals surface area (Å²) in [7, 11) is 1.36. The van der Waals surface area contributed by atoms with E-state index in [1.165, 1.54) is 7.11 Å². The molecule has 0 aliphatic heterocycles. The van der Waals surface area contributed by atoms with E-state index in [0.717, 1.165) is 38.8 Å². The van der Waals surface area contributed by atoms with Crippen molar-refractivity contribution in [3.8, 4) is 0 Å². The first-order valence-corrected chi connectivity index (χ1v) is 7.31. The second-order valence-corrected chi connectivity index (χ2v) is 4.92. The molecule has 0 bridgehead atoms. The Balaban J connectivity index is 3.96. The molecule has 0 atom stereocenters. The maximum absolute atomic E-state index is 10.9. The van der Waals surface area contributed by atoms with Gasteiger partial charge in [0.25, 0.3) is 0 Å². The van der Waals surface area contributed by atoms with E-state index in [-0.39, 0.29) is 11.6 Å². The topological polar surface area (TPSA) is 114 Å². The SMILES string of the molecule is CCC(CC)(CCNC(N)N)NCCCNC(=O)OC. The van der Waals surface area contributed by atoms with Gasteiger partial charge in [-0.3, -0.25) is 5.32 Å². The second-order valence-electron chi connectivity index (χ2n) is 4.92. The van der Waals surface area contributed by atoms with Crippen molar-refractivity contribution in [1.82, 2.24) is 16.0 Å². The number of carbonyl (C=O) groups is 1. The number of methoxy groups -OCH3 is 1. The van der Waals surface area contributed by atoms with Crippen molar-refractivity contribution in [2.75, 3.05) is 26.7 Å². The van der Waals surface area contributed by atoms with Crippen LogP contribution in [0.15, 0.2) is 0 Å². The normalized spacial score (nSPS) is 11.7. The zero-order chi connectivity index (χ0) is 15.4. The van der Waals surface area contributed by atoms with E-state index in [1.807, 2.05) is 0 Å². The second kappa shape index (κ2) is 10.8. The molecular formula is C13H31N5O2. The summed E-state index contributed by atoms with van der Waals surface area (Å²) in [5, 5.41) is 9.29. The third-order valence-electron chi connectivity index (χ3n) is 3.65. The molecule has 0 unspecified atom stereocenters. The molecular weight excluding hydrogens is 258 g/mol. The van der Waals surface area contributed by atoms with Gasteiger partial charge in [-0.05, 0) is 38.8 Å². The van der Waals surface area contributed by atoms with Crippen LogP contribution >= 0.6 is 0 Å². The predicted molar refractivity (Wildman–Crippen MR) is 81.1 cm³/mol. The van der Waals surface area contributed by atoms with Gasteiger partial charge in [-0.2, -0.15) is 0 Å². The van der Waals surface area contributed by atoms with E-state index in [1.54, 1.807) is 0 Å². The van der Waals surface area contributed by atoms with Crippen molar-refractivity contribution in [3.63, 3.8) is 0 Å². The minimum absolute atomic E-state index is 0.0904. The number of nitrogens with one attached hydrogen (secondary N) is 3. The molecule has 1 amide bonds. The van der Waals surface area contributed by atoms with E-state index in [4.69, 9.17) is 11.5 Å². The smallest absolute Gasteiger partial charge is 0.406 e. The molecule has 7 heteroatoms. The third-order valence-corrected chi connectivity index (χ3v) is 3.65. The highest BCUT2D eigenvalue weighted by atomic mass is 16.5. The van der Waals surface area contributed by atoms with E-state index in [9.17, 15) is 4.79 Å². The van der Waals surface area contributed by atoms with Crippen LogP contribution in [-0.4, -0.2) is 44.7 Å². The molecule has 0 aromatic rings. The van der Waals surface area contributed by atoms with Crippen molar-refractivity contribution in [2.24, 2.45) is 11.5 Å². The minimum Gasteiger partial charge on any atom is -0.453 e. The van der Waals surface area contributed by atoms with E-state index >= 15 is 0 Å². The Hall–Kier alpha value is -0.890. The number of ether oxygens (including phenoxy) is 1. The van der Waals surface area contributed by atoms with Gasteiger partial charge in [0.05, 0.1) is 7.11 Å². The maximum Gasteiger partial charge on any atom is 0.406 e. The summed E-state index contributed by atoms with van der Waals surface area (Å²) in [5.74, 6) is 0. The Bertz CT molecular complexity index is 257. The molecule has 0 spiro atoms. The number of nitrogens with two attached hydrogens (primary N) is 2. The van der Waals surface area contributed by atoms with Gasteiger partial charge in [0, 0.05) is 12.1 Å². The summed E-state index contributed by atoms with van der Waals surface area (Å²) < 4.78 is 4.51. The summed E-state index contributed by atoms with van der Waals surface area (Å²) in [6.45, 7) is 6.58. The van der Waals surface area contributed by atoms with Crippen LogP contribution in [0.3, 0.4) is 0 Å². The van der Waals surface area contributed by atoms with Crippen LogP contribution in [0.5, 0.6) is 0 Å². The van der Waals surface area contributed by atoms with Crippen LogP contribution in [0, 0.1) is 0 Å². The van der Waals surface area contributed by atoms with Gasteiger partial charge in [-0.15, -0.1) is 0 Å². The quantitative estimate of drug-likeness (QED) is 0.271. The Kier molecular flexibility index (Phi) is 10.4. The fourth-order valence-electron chi connectivity index (χ4n) is 2.12. The van der Waals surface area contributed by atoms with Gasteiger partial charge in [0.2, 0.25) is 0 Å². The molecule has 0 heterocycles. The lowest BCUT2D eigenvalue weighted by atomic mass is 9.88. The first kappa shape index (κ1) is 19.1. The van der Waals surface area contributed by atoms with Crippen molar-refractivity contribution >= 4 is 6.09 Å². The first-order chi connectivity index (χ1) is 9.49. The number of hydrogen-bond acceptors (Lipinski definition) is 6. The molecule has 0 saturated carbocycles. The predicted octanol–water partition coefficient (Wildman–Crippen LogP) is 0.0616. The summed E-state index contributed by atoms with van der Waals surface area (Å²) in [6, 6.07) is 0. The van der Waals surface area contributed by atoms with Crippen LogP contribution in [0.25, 0.3) is 0 Å². The van der Waals surface area contributed by atoms with Crippen molar-refractivity contribution in [2.45, 2.75) is 51.4 Å². The molecule has 7 nitrogen and oxygen atoms in total. The average Bonchev–Trinajstić information content (AvgIpc) is 2.44. The lowest BCUT2D eigenvalue weighted by molar-refractivity contribution is 0.170. The monoisotopic (exact) mass is 289 g/mol. The van der Waals surface area contributed by atoms with Gasteiger partial charge in [-0.1, -0.05) is 13.8 Å². The average molecular weight is 289 g/mol. The zero-order valence-electron chi connectivity index (χ0n) is 13.0. The summed E-state index contributed by atoms with van der Waals surface area (Å²) in [4.78, 5) is 10.9. The molecule has 0 fully saturated rings. The number of rotatable bonds is 11. The Morgan fingerprint density at radius 2 is 1.85 bits per heavy atom. The highest BCUT2D eigenvalue weighted by Gasteiger charge is 2.24. The molecule has 0 rings (SSSR count). The Labute approximate surface area is 122 Å². The third kappa shape index (κ3) is 8.31. The van der Waals surface area contributed by atoms with Gasteiger partial charge in [-0.25, -0.2) is 4.79 Å². The lowest BCUT2D eigenvalue weighted by Crippen LogP contribution is -2.51. The van der Waals surface area contributed by atoms with Crippen LogP contribution in [0.4, 0.5) is 4.79 Å². The number of amides is 1. The largest absolute Gasteiger partial charge is 0.453 e. The zero-order valence-corrected chi connectivity index (χ0v) is 13.0. The van der Waals surface area contributed by atoms with Gasteiger partial charge < -0.3 is 26.8 Å². The fraction of sp³-hybridized carbons (Fsp3) is 0.923. The van der Waals surface area contributed by atoms with Crippen LogP contribution in [-0.2, 0) is 4.74 Å². The molecule has 0 saturated heterocycles. The highest BCUT2D eigenvalue weighted by molar-refractivity contribution is 5.66. The van der Waals surface area contributed by atoms with Crippen LogP contribution in [0.1, 0.15) is 39.5 Å². The molecule has 120 valence electrons. The van der Waals surface area contributed by atoms with Crippen molar-refractivity contribution in [1.29, 1.82) is 0 Å². The molecule has 0 aliphatic rings. The Morgan fingerprint density at radius 1 is 1.20 bits per heavy atom. The molecule has 20 heavy (non-hydrogen) atoms. The molecule has 0 aromatic heterocycles. The highest BCUT2D eigenvalue weighted by Crippen LogP contribution is 2.19. The molecule has 0 aliphatic carbocycles. The minimum atomic E-state index is -0.467. The van der Waals surface area contributed by atoms with Crippen LogP contribution < -0.4 is 27.4 Å². The van der Waals surface area contributed by atoms with E-state index < -0.39 is 6.29 Å². The van der Waals surface area contributed by atoms with Crippen LogP contribution in [0.2, 0.25) is 0 Å². The van der Waals surface area contributed by atoms with Crippen molar-refractivity contribution < 1.29 is 9.53 Å². The van der Waals surface area contributed by atoms with Gasteiger partial charge >= 0.3 is 6.09 Å². The fourth-order valence-corrected chi connectivity index (χ4v) is 2.12. The van der Waals surface area contributed by atoms with Gasteiger partial charge in [0.1, 0.15) is 6.29 Å². The maximum atomic E-state index is 10.9. The first-order valence-electron chi connectivity index (χ1n) is 7.31. The van der Waals surface area contributed by atoms with E-state index in [0.29, 0.717) is 6.54 Å². The summed E-state index contributed by atoms with van der Waals surface area (Å²) in [5.41, 5.74) is 11.1. The van der Waals surface area contributed by atoms with E-state index in [2.05, 4.69) is 34.5 Å². The number of hydrogen-bond donors (Lipinski definition) is 5. The lowest BCUT2D eigenvalue weighted by Gasteiger charge is -2.34. The summed E-state index contributed by atoms with van der Waals surface area (Å²) >= 11 is 0. The van der Waals surface area contributed by atoms with Gasteiger partial charge in [0.15, 0.2) is 0 Å². The Morgan fingerprint density at radius 3 is 2.35 bits per heavy atom. The molecule has 0 aromatic carbocycles. The number of alkyl carbamates (subject to hydrolysis) is 1. The van der Waals surface area contributed by atoms with Crippen molar-refractivity contribution in [3.05, 3.63) is 0 Å². The molecule has 0 radical (unpaired) electrons. The summed E-state index contributed by atoms with van der Waals surface area (Å²) in [6.07, 6.45) is 3.05. The number of carbonyl (C=O) groups excluding carboxylic acids is 1. The molecule has 7 N–H and O–H groups in total.